The molecule has 0 amide bonds. The van der Waals surface area contributed by atoms with Crippen molar-refractivity contribution >= 4 is 17.9 Å². The quantitative estimate of drug-likeness (QED) is 0.0199. The Morgan fingerprint density at radius 2 is 0.652 bits per heavy atom. The molecule has 1 unspecified atom stereocenters. The van der Waals surface area contributed by atoms with Crippen molar-refractivity contribution in [1.82, 2.24) is 0 Å². The Hall–Kier alpha value is -4.71. The van der Waals surface area contributed by atoms with Crippen molar-refractivity contribution in [1.29, 1.82) is 0 Å². The molecule has 0 saturated carbocycles. The lowest BCUT2D eigenvalue weighted by molar-refractivity contribution is -0.167. The van der Waals surface area contributed by atoms with Crippen LogP contribution in [-0.2, 0) is 28.6 Å². The summed E-state index contributed by atoms with van der Waals surface area (Å²) in [6, 6.07) is 0. The number of carbonyl (C=O) groups is 3. The highest BCUT2D eigenvalue weighted by atomic mass is 16.6. The highest BCUT2D eigenvalue weighted by Gasteiger charge is 2.19. The summed E-state index contributed by atoms with van der Waals surface area (Å²) < 4.78 is 16.7. The molecule has 0 N–H and O–H groups in total. The van der Waals surface area contributed by atoms with Gasteiger partial charge in [0.1, 0.15) is 13.2 Å². The third kappa shape index (κ3) is 54.1. The van der Waals surface area contributed by atoms with E-state index in [1.165, 1.54) is 57.8 Å². The first kappa shape index (κ1) is 64.3. The number of unbranched alkanes of at least 4 members (excludes halogenated alkanes) is 16. The summed E-state index contributed by atoms with van der Waals surface area (Å²) in [5.41, 5.74) is 0. The lowest BCUT2D eigenvalue weighted by atomic mass is 10.1. The fraction of sp³-hybridized carbons (Fsp3) is 0.571. The van der Waals surface area contributed by atoms with Crippen LogP contribution >= 0.6 is 0 Å². The van der Waals surface area contributed by atoms with Gasteiger partial charge < -0.3 is 14.2 Å². The predicted molar refractivity (Wildman–Crippen MR) is 297 cm³/mol. The summed E-state index contributed by atoms with van der Waals surface area (Å²) in [6.07, 6.45) is 79.8. The minimum Gasteiger partial charge on any atom is -0.462 e. The van der Waals surface area contributed by atoms with E-state index in [9.17, 15) is 14.4 Å². The molecule has 0 bridgehead atoms. The van der Waals surface area contributed by atoms with Gasteiger partial charge in [-0.05, 0) is 109 Å². The molecule has 0 aromatic carbocycles. The molecule has 0 aliphatic carbocycles. The average Bonchev–Trinajstić information content (AvgIpc) is 3.35. The maximum atomic E-state index is 12.8. The van der Waals surface area contributed by atoms with Crippen LogP contribution in [0.15, 0.2) is 146 Å². The van der Waals surface area contributed by atoms with E-state index in [1.54, 1.807) is 0 Å². The summed E-state index contributed by atoms with van der Waals surface area (Å²) >= 11 is 0. The Kier molecular flexibility index (Phi) is 52.1. The Labute approximate surface area is 423 Å². The minimum absolute atomic E-state index is 0.126. The van der Waals surface area contributed by atoms with Crippen LogP contribution < -0.4 is 0 Å². The van der Waals surface area contributed by atoms with E-state index in [-0.39, 0.29) is 44.0 Å². The first-order valence-corrected chi connectivity index (χ1v) is 27.4. The SMILES string of the molecule is CC\C=C/C=C\C=C/C=C\C=C/CCCCCC(=O)OCC(COC(=O)CCCCCCCC/C=C\C/C=C\C/C=C\C/C=C\CC)OC(=O)CCC/C=C\C/C=C\C/C=C\CCCCCCCC. The number of hydrogen-bond donors (Lipinski definition) is 0. The number of carbonyl (C=O) groups excluding carboxylic acids is 3. The smallest absolute Gasteiger partial charge is 0.306 e. The van der Waals surface area contributed by atoms with Crippen LogP contribution in [0.2, 0.25) is 0 Å². The van der Waals surface area contributed by atoms with Gasteiger partial charge in [0, 0.05) is 19.3 Å². The van der Waals surface area contributed by atoms with Crippen LogP contribution in [0.5, 0.6) is 0 Å². The first-order valence-electron chi connectivity index (χ1n) is 27.4. The molecule has 6 nitrogen and oxygen atoms in total. The third-order valence-corrected chi connectivity index (χ3v) is 10.9. The molecular formula is C63H98O6. The Balaban J connectivity index is 4.58. The molecule has 69 heavy (non-hydrogen) atoms. The van der Waals surface area contributed by atoms with Gasteiger partial charge in [-0.3, -0.25) is 14.4 Å². The highest BCUT2D eigenvalue weighted by Crippen LogP contribution is 2.12. The maximum absolute atomic E-state index is 12.8. The van der Waals surface area contributed by atoms with E-state index in [1.807, 2.05) is 48.6 Å². The fourth-order valence-electron chi connectivity index (χ4n) is 6.88. The molecule has 0 aromatic heterocycles. The van der Waals surface area contributed by atoms with Gasteiger partial charge in [-0.1, -0.05) is 231 Å². The molecule has 0 aliphatic heterocycles. The van der Waals surface area contributed by atoms with Gasteiger partial charge in [0.05, 0.1) is 0 Å². The fourth-order valence-corrected chi connectivity index (χ4v) is 6.88. The number of ether oxygens (including phenoxy) is 3. The monoisotopic (exact) mass is 951 g/mol. The van der Waals surface area contributed by atoms with E-state index in [2.05, 4.69) is 118 Å². The second-order valence-electron chi connectivity index (χ2n) is 17.5. The van der Waals surface area contributed by atoms with Crippen molar-refractivity contribution in [2.75, 3.05) is 13.2 Å². The molecule has 0 fully saturated rings. The second kappa shape index (κ2) is 55.9. The summed E-state index contributed by atoms with van der Waals surface area (Å²) in [5, 5.41) is 0. The van der Waals surface area contributed by atoms with E-state index in [4.69, 9.17) is 14.2 Å². The van der Waals surface area contributed by atoms with Crippen molar-refractivity contribution in [3.05, 3.63) is 146 Å². The number of rotatable bonds is 47. The van der Waals surface area contributed by atoms with E-state index >= 15 is 0 Å². The van der Waals surface area contributed by atoms with Crippen LogP contribution in [0.4, 0.5) is 0 Å². The van der Waals surface area contributed by atoms with Gasteiger partial charge in [0.25, 0.3) is 0 Å². The average molecular weight is 951 g/mol. The molecule has 1 atom stereocenters. The second-order valence-corrected chi connectivity index (χ2v) is 17.5. The van der Waals surface area contributed by atoms with Crippen LogP contribution in [0.3, 0.4) is 0 Å². The topological polar surface area (TPSA) is 78.9 Å². The zero-order chi connectivity index (χ0) is 50.0. The zero-order valence-corrected chi connectivity index (χ0v) is 44.0. The summed E-state index contributed by atoms with van der Waals surface area (Å²) in [6.45, 7) is 6.27. The van der Waals surface area contributed by atoms with Crippen LogP contribution in [-0.4, -0.2) is 37.2 Å². The van der Waals surface area contributed by atoms with Crippen LogP contribution in [0.25, 0.3) is 0 Å². The lowest BCUT2D eigenvalue weighted by Crippen LogP contribution is -2.30. The van der Waals surface area contributed by atoms with Gasteiger partial charge >= 0.3 is 17.9 Å². The standard InChI is InChI=1S/C63H98O6/c1-4-7-10-13-16-19-22-25-28-30-31-33-35-38-41-44-47-50-53-56-62(65)68-59-60(58-67-61(64)55-52-49-46-43-40-37-34-27-24-21-18-15-12-9-6-3)69-63(66)57-54-51-48-45-42-39-36-32-29-26-23-20-17-14-11-8-5-2/h7,9-10,12,15-16,18-19,21,24-29,31,33-34,36-37,39-40,45,48,60H,4-6,8,11,13-14,17,20,22-23,30,32,35,38,41-44,46-47,49-59H2,1-3H3/b10-7-,12-9-,18-15-,19-16-,24-21-,28-25-,29-26-,33-31-,34-27-,39-36-,40-37-,48-45-. The van der Waals surface area contributed by atoms with Crippen molar-refractivity contribution in [3.63, 3.8) is 0 Å². The minimum atomic E-state index is -0.835. The zero-order valence-electron chi connectivity index (χ0n) is 44.0. The molecule has 6 heteroatoms. The molecule has 0 aliphatic rings. The van der Waals surface area contributed by atoms with Gasteiger partial charge in [-0.2, -0.15) is 0 Å². The lowest BCUT2D eigenvalue weighted by Gasteiger charge is -2.18. The largest absolute Gasteiger partial charge is 0.462 e. The predicted octanol–water partition coefficient (Wildman–Crippen LogP) is 18.4. The molecule has 0 radical (unpaired) electrons. The molecule has 0 spiro atoms. The molecule has 0 saturated heterocycles. The highest BCUT2D eigenvalue weighted by molar-refractivity contribution is 5.71. The molecular weight excluding hydrogens is 853 g/mol. The van der Waals surface area contributed by atoms with Crippen molar-refractivity contribution in [2.45, 2.75) is 219 Å². The molecule has 0 heterocycles. The number of hydrogen-bond acceptors (Lipinski definition) is 6. The number of esters is 3. The normalized spacial score (nSPS) is 13.3. The molecule has 386 valence electrons. The van der Waals surface area contributed by atoms with Gasteiger partial charge in [-0.25, -0.2) is 0 Å². The van der Waals surface area contributed by atoms with Crippen LogP contribution in [0.1, 0.15) is 213 Å². The van der Waals surface area contributed by atoms with E-state index in [0.717, 1.165) is 103 Å². The van der Waals surface area contributed by atoms with Crippen molar-refractivity contribution < 1.29 is 28.6 Å². The molecule has 0 rings (SSSR count). The van der Waals surface area contributed by atoms with Crippen molar-refractivity contribution in [2.24, 2.45) is 0 Å². The van der Waals surface area contributed by atoms with Crippen molar-refractivity contribution in [3.8, 4) is 0 Å². The maximum Gasteiger partial charge on any atom is 0.306 e. The third-order valence-electron chi connectivity index (χ3n) is 10.9. The van der Waals surface area contributed by atoms with Gasteiger partial charge in [0.15, 0.2) is 6.10 Å². The van der Waals surface area contributed by atoms with E-state index in [0.29, 0.717) is 19.3 Å². The summed E-state index contributed by atoms with van der Waals surface area (Å²) in [4.78, 5) is 38.1. The Bertz CT molecular complexity index is 1560. The summed E-state index contributed by atoms with van der Waals surface area (Å²) in [7, 11) is 0. The Morgan fingerprint density at radius 3 is 1.12 bits per heavy atom. The number of allylic oxidation sites excluding steroid dienone is 24. The van der Waals surface area contributed by atoms with Gasteiger partial charge in [-0.15, -0.1) is 0 Å². The summed E-state index contributed by atoms with van der Waals surface area (Å²) in [5.74, 6) is -1.04. The first-order chi connectivity index (χ1) is 34.0. The van der Waals surface area contributed by atoms with Gasteiger partial charge in [0.2, 0.25) is 0 Å². The molecule has 0 aromatic rings. The van der Waals surface area contributed by atoms with Crippen LogP contribution in [0, 0.1) is 0 Å². The van der Waals surface area contributed by atoms with E-state index < -0.39 is 6.10 Å². The Morgan fingerprint density at radius 1 is 0.319 bits per heavy atom.